The maximum absolute atomic E-state index is 12.7. The first-order chi connectivity index (χ1) is 15.2. The summed E-state index contributed by atoms with van der Waals surface area (Å²) in [5, 5.41) is 8.82. The number of hydrogen-bond acceptors (Lipinski definition) is 2. The van der Waals surface area contributed by atoms with E-state index in [1.165, 1.54) is 11.1 Å². The minimum absolute atomic E-state index is 0.209. The molecule has 0 radical (unpaired) electrons. The Morgan fingerprint density at radius 1 is 0.875 bits per heavy atom. The zero-order chi connectivity index (χ0) is 23.1. The van der Waals surface area contributed by atoms with Gasteiger partial charge >= 0.3 is 0 Å². The highest BCUT2D eigenvalue weighted by Crippen LogP contribution is 2.29. The number of carbonyl (C=O) groups excluding carboxylic acids is 1. The molecule has 3 rings (SSSR count). The first kappa shape index (κ1) is 25.1. The lowest BCUT2D eigenvalue weighted by molar-refractivity contribution is 0.0933. The fraction of sp³-hybridized carbons (Fsp3) is 0.130. The van der Waals surface area contributed by atoms with Gasteiger partial charge in [-0.05, 0) is 76.6 Å². The molecule has 3 N–H and O–H groups in total. The molecule has 0 saturated carbocycles. The van der Waals surface area contributed by atoms with E-state index in [1.54, 1.807) is 12.1 Å². The van der Waals surface area contributed by atoms with E-state index in [1.807, 2.05) is 54.6 Å². The molecule has 0 heterocycles. The van der Waals surface area contributed by atoms with E-state index in [9.17, 15) is 4.79 Å². The van der Waals surface area contributed by atoms with Crippen LogP contribution in [0.2, 0.25) is 0 Å². The van der Waals surface area contributed by atoms with Gasteiger partial charge in [-0.1, -0.05) is 89.4 Å². The lowest BCUT2D eigenvalue weighted by atomic mass is 10.1. The van der Waals surface area contributed by atoms with E-state index in [4.69, 9.17) is 47.0 Å². The number of rotatable bonds is 6. The molecule has 0 aliphatic carbocycles. The summed E-state index contributed by atoms with van der Waals surface area (Å²) in [6, 6.07) is 25.2. The van der Waals surface area contributed by atoms with Crippen LogP contribution < -0.4 is 16.0 Å². The number of anilines is 1. The van der Waals surface area contributed by atoms with Gasteiger partial charge in [0.15, 0.2) is 5.11 Å². The molecule has 4 nitrogen and oxygen atoms in total. The minimum Gasteiger partial charge on any atom is -0.339 e. The fourth-order valence-electron chi connectivity index (χ4n) is 2.89. The van der Waals surface area contributed by atoms with Crippen molar-refractivity contribution in [2.45, 2.75) is 16.4 Å². The van der Waals surface area contributed by atoms with E-state index in [2.05, 4.69) is 50.7 Å². The summed E-state index contributed by atoms with van der Waals surface area (Å²) in [6.45, 7) is 0. The highest BCUT2D eigenvalue weighted by molar-refractivity contribution is 14.1. The van der Waals surface area contributed by atoms with Crippen LogP contribution in [0.4, 0.5) is 5.69 Å². The van der Waals surface area contributed by atoms with Crippen LogP contribution in [-0.2, 0) is 6.42 Å². The van der Waals surface area contributed by atoms with Crippen molar-refractivity contribution < 1.29 is 4.79 Å². The summed E-state index contributed by atoms with van der Waals surface area (Å²) in [4.78, 5) is 12.7. The average Bonchev–Trinajstić information content (AvgIpc) is 2.75. The molecule has 0 aliphatic heterocycles. The largest absolute Gasteiger partial charge is 0.339 e. The number of amides is 1. The Hall–Kier alpha value is -1.58. The summed E-state index contributed by atoms with van der Waals surface area (Å²) in [5.41, 5.74) is 3.65. The van der Waals surface area contributed by atoms with Crippen molar-refractivity contribution >= 4 is 86.3 Å². The molecule has 0 saturated heterocycles. The number of nitrogens with one attached hydrogen (secondary N) is 3. The van der Waals surface area contributed by atoms with Crippen LogP contribution in [0.25, 0.3) is 0 Å². The number of alkyl halides is 3. The average molecular weight is 619 g/mol. The molecule has 3 aromatic carbocycles. The molecule has 0 fully saturated rings. The van der Waals surface area contributed by atoms with E-state index in [0.717, 1.165) is 15.7 Å². The first-order valence-corrected chi connectivity index (χ1v) is 12.2. The minimum atomic E-state index is -1.83. The second-order valence-electron chi connectivity index (χ2n) is 6.89. The van der Waals surface area contributed by atoms with Crippen molar-refractivity contribution in [3.8, 4) is 0 Å². The van der Waals surface area contributed by atoms with E-state index in [-0.39, 0.29) is 11.0 Å². The number of halogens is 4. The van der Waals surface area contributed by atoms with Gasteiger partial charge in [-0.25, -0.2) is 0 Å². The highest BCUT2D eigenvalue weighted by atomic mass is 127. The highest BCUT2D eigenvalue weighted by Gasteiger charge is 2.35. The van der Waals surface area contributed by atoms with Crippen molar-refractivity contribution in [2.24, 2.45) is 0 Å². The van der Waals surface area contributed by atoms with Crippen molar-refractivity contribution in [1.29, 1.82) is 0 Å². The number of carbonyl (C=O) groups is 1. The van der Waals surface area contributed by atoms with Crippen molar-refractivity contribution in [1.82, 2.24) is 10.6 Å². The third kappa shape index (κ3) is 7.49. The Kier molecular flexibility index (Phi) is 9.02. The first-order valence-electron chi connectivity index (χ1n) is 9.55. The predicted octanol–water partition coefficient (Wildman–Crippen LogP) is 6.29. The molecule has 0 bridgehead atoms. The molecule has 9 heteroatoms. The lowest BCUT2D eigenvalue weighted by Crippen LogP contribution is -2.56. The van der Waals surface area contributed by atoms with Crippen LogP contribution >= 0.6 is 69.6 Å². The van der Waals surface area contributed by atoms with Gasteiger partial charge in [-0.3, -0.25) is 4.79 Å². The monoisotopic (exact) mass is 617 g/mol. The number of benzene rings is 3. The van der Waals surface area contributed by atoms with Gasteiger partial charge in [-0.15, -0.1) is 0 Å². The zero-order valence-corrected chi connectivity index (χ0v) is 21.9. The Labute approximate surface area is 221 Å². The van der Waals surface area contributed by atoms with Gasteiger partial charge in [0, 0.05) is 9.26 Å². The molecular formula is C23H19Cl3IN3OS. The van der Waals surface area contributed by atoms with Gasteiger partial charge in [0.2, 0.25) is 3.79 Å². The molecule has 166 valence electrons. The summed E-state index contributed by atoms with van der Waals surface area (Å²) >= 11 is 25.7. The summed E-state index contributed by atoms with van der Waals surface area (Å²) in [5.74, 6) is -0.383. The fourth-order valence-corrected chi connectivity index (χ4v) is 4.09. The molecule has 1 atom stereocenters. The van der Waals surface area contributed by atoms with Gasteiger partial charge in [0.1, 0.15) is 6.17 Å². The van der Waals surface area contributed by atoms with E-state index < -0.39 is 9.96 Å². The van der Waals surface area contributed by atoms with Crippen LogP contribution in [0, 0.1) is 3.57 Å². The Balaban J connectivity index is 1.61. The van der Waals surface area contributed by atoms with Crippen LogP contribution in [0.15, 0.2) is 78.9 Å². The molecule has 0 aromatic heterocycles. The molecule has 3 aromatic rings. The second-order valence-corrected chi connectivity index (χ2v) is 10.8. The smallest absolute Gasteiger partial charge is 0.254 e. The van der Waals surface area contributed by atoms with Crippen molar-refractivity contribution in [3.63, 3.8) is 0 Å². The standard InChI is InChI=1S/C23H19Cl3IN3OS/c24-23(25,26)21(29-20(31)18-8-4-5-9-19(18)27)30-22(32)28-17-12-10-16(11-13-17)14-15-6-2-1-3-7-15/h1-13,21H,14H2,(H,29,31)(H2,28,30,32). The third-order valence-electron chi connectivity index (χ3n) is 4.46. The number of thiocarbonyl (C=S) groups is 1. The van der Waals surface area contributed by atoms with Gasteiger partial charge in [0.25, 0.3) is 5.91 Å². The van der Waals surface area contributed by atoms with Crippen LogP contribution in [0.3, 0.4) is 0 Å². The number of hydrogen-bond donors (Lipinski definition) is 3. The van der Waals surface area contributed by atoms with Crippen LogP contribution in [-0.4, -0.2) is 21.0 Å². The predicted molar refractivity (Wildman–Crippen MR) is 146 cm³/mol. The van der Waals surface area contributed by atoms with E-state index >= 15 is 0 Å². The molecule has 0 aliphatic rings. The topological polar surface area (TPSA) is 53.2 Å². The third-order valence-corrected chi connectivity index (χ3v) is 6.27. The second kappa shape index (κ2) is 11.5. The molecule has 1 amide bonds. The maximum atomic E-state index is 12.7. The van der Waals surface area contributed by atoms with Crippen molar-refractivity contribution in [2.75, 3.05) is 5.32 Å². The SMILES string of the molecule is O=C(NC(NC(=S)Nc1ccc(Cc2ccccc2)cc1)C(Cl)(Cl)Cl)c1ccccc1I. The zero-order valence-electron chi connectivity index (χ0n) is 16.6. The van der Waals surface area contributed by atoms with Crippen LogP contribution in [0.1, 0.15) is 21.5 Å². The molecule has 32 heavy (non-hydrogen) atoms. The summed E-state index contributed by atoms with van der Waals surface area (Å²) in [6.07, 6.45) is -0.211. The Morgan fingerprint density at radius 3 is 2.09 bits per heavy atom. The van der Waals surface area contributed by atoms with Crippen molar-refractivity contribution in [3.05, 3.63) is 99.1 Å². The Bertz CT molecular complexity index is 1080. The maximum Gasteiger partial charge on any atom is 0.254 e. The molecular weight excluding hydrogens is 600 g/mol. The quantitative estimate of drug-likeness (QED) is 0.132. The van der Waals surface area contributed by atoms with Gasteiger partial charge in [0.05, 0.1) is 5.56 Å². The van der Waals surface area contributed by atoms with Gasteiger partial charge in [-0.2, -0.15) is 0 Å². The Morgan fingerprint density at radius 2 is 1.47 bits per heavy atom. The normalized spacial score (nSPS) is 12.0. The summed E-state index contributed by atoms with van der Waals surface area (Å²) in [7, 11) is 0. The summed E-state index contributed by atoms with van der Waals surface area (Å²) < 4.78 is -1.05. The lowest BCUT2D eigenvalue weighted by Gasteiger charge is -2.28. The molecule has 0 spiro atoms. The van der Waals surface area contributed by atoms with E-state index in [0.29, 0.717) is 5.56 Å². The van der Waals surface area contributed by atoms with Gasteiger partial charge < -0.3 is 16.0 Å². The molecule has 1 unspecified atom stereocenters. The van der Waals surface area contributed by atoms with Crippen LogP contribution in [0.5, 0.6) is 0 Å².